The van der Waals surface area contributed by atoms with Crippen LogP contribution in [0.5, 0.6) is 0 Å². The number of carbonyl (C=O) groups excluding carboxylic acids is 1. The standard InChI is InChI=1S/C20H30N2O3/c1-20(2,3)25-19(24)22-16-9-10-18(22)17(11-12-23)21(14-16)13-15-7-5-4-6-8-15/h4-8,16-18,23H,9-14H2,1-3H3/t16-,17-,18+/m1/s1. The van der Waals surface area contributed by atoms with E-state index in [1.165, 1.54) is 5.56 Å². The van der Waals surface area contributed by atoms with E-state index in [0.29, 0.717) is 6.42 Å². The maximum atomic E-state index is 12.7. The summed E-state index contributed by atoms with van der Waals surface area (Å²) in [6.45, 7) is 7.56. The van der Waals surface area contributed by atoms with Crippen molar-refractivity contribution in [2.24, 2.45) is 0 Å². The molecular formula is C20H30N2O3. The van der Waals surface area contributed by atoms with Gasteiger partial charge in [-0.3, -0.25) is 9.80 Å². The number of amides is 1. The summed E-state index contributed by atoms with van der Waals surface area (Å²) in [6.07, 6.45) is 2.47. The first-order valence-electron chi connectivity index (χ1n) is 9.29. The van der Waals surface area contributed by atoms with Crippen molar-refractivity contribution in [1.82, 2.24) is 9.80 Å². The average Bonchev–Trinajstić information content (AvgIpc) is 2.87. The molecule has 3 atom stereocenters. The van der Waals surface area contributed by atoms with Gasteiger partial charge in [0, 0.05) is 31.8 Å². The molecule has 25 heavy (non-hydrogen) atoms. The van der Waals surface area contributed by atoms with E-state index >= 15 is 0 Å². The number of aliphatic hydroxyl groups excluding tert-OH is 1. The Morgan fingerprint density at radius 1 is 1.24 bits per heavy atom. The Morgan fingerprint density at radius 2 is 1.96 bits per heavy atom. The number of carbonyl (C=O) groups is 1. The molecule has 0 saturated carbocycles. The molecule has 0 spiro atoms. The minimum atomic E-state index is -0.482. The number of benzene rings is 1. The summed E-state index contributed by atoms with van der Waals surface area (Å²) < 4.78 is 5.64. The molecule has 0 aromatic heterocycles. The van der Waals surface area contributed by atoms with Crippen LogP contribution in [-0.2, 0) is 11.3 Å². The van der Waals surface area contributed by atoms with Gasteiger partial charge in [-0.15, -0.1) is 0 Å². The van der Waals surface area contributed by atoms with Crippen molar-refractivity contribution < 1.29 is 14.6 Å². The summed E-state index contributed by atoms with van der Waals surface area (Å²) in [5.41, 5.74) is 0.792. The molecule has 0 unspecified atom stereocenters. The van der Waals surface area contributed by atoms with Gasteiger partial charge < -0.3 is 9.84 Å². The number of likely N-dealkylation sites (tertiary alicyclic amines) is 1. The van der Waals surface area contributed by atoms with Crippen molar-refractivity contribution in [3.05, 3.63) is 35.9 Å². The molecule has 1 aromatic rings. The highest BCUT2D eigenvalue weighted by molar-refractivity contribution is 5.70. The molecule has 3 rings (SSSR count). The summed E-state index contributed by atoms with van der Waals surface area (Å²) in [4.78, 5) is 17.1. The number of nitrogens with zero attached hydrogens (tertiary/aromatic N) is 2. The predicted octanol–water partition coefficient (Wildman–Crippen LogP) is 3.02. The lowest BCUT2D eigenvalue weighted by Crippen LogP contribution is -2.61. The molecule has 2 aliphatic heterocycles. The summed E-state index contributed by atoms with van der Waals surface area (Å²) in [6, 6.07) is 10.9. The number of fused-ring (bicyclic) bond motifs is 2. The fourth-order valence-electron chi connectivity index (χ4n) is 4.22. The third-order valence-corrected chi connectivity index (χ3v) is 5.16. The molecule has 0 aliphatic carbocycles. The number of aliphatic hydroxyl groups is 1. The van der Waals surface area contributed by atoms with Crippen molar-refractivity contribution in [2.75, 3.05) is 13.2 Å². The molecule has 1 amide bonds. The van der Waals surface area contributed by atoms with Gasteiger partial charge in [-0.1, -0.05) is 30.3 Å². The third-order valence-electron chi connectivity index (χ3n) is 5.16. The van der Waals surface area contributed by atoms with Crippen molar-refractivity contribution in [3.63, 3.8) is 0 Å². The van der Waals surface area contributed by atoms with Crippen LogP contribution in [0.3, 0.4) is 0 Å². The van der Waals surface area contributed by atoms with Crippen LogP contribution in [0, 0.1) is 0 Å². The molecule has 2 heterocycles. The monoisotopic (exact) mass is 346 g/mol. The van der Waals surface area contributed by atoms with E-state index in [1.807, 2.05) is 31.7 Å². The van der Waals surface area contributed by atoms with E-state index < -0.39 is 5.60 Å². The summed E-state index contributed by atoms with van der Waals surface area (Å²) in [5, 5.41) is 9.58. The molecule has 1 N–H and O–H groups in total. The molecule has 0 radical (unpaired) electrons. The Balaban J connectivity index is 1.77. The highest BCUT2D eigenvalue weighted by atomic mass is 16.6. The Morgan fingerprint density at radius 3 is 2.60 bits per heavy atom. The second kappa shape index (κ2) is 7.34. The average molecular weight is 346 g/mol. The van der Waals surface area contributed by atoms with Crippen LogP contribution in [0.4, 0.5) is 4.79 Å². The Labute approximate surface area is 150 Å². The van der Waals surface area contributed by atoms with Gasteiger partial charge >= 0.3 is 6.09 Å². The summed E-state index contributed by atoms with van der Waals surface area (Å²) in [5.74, 6) is 0. The highest BCUT2D eigenvalue weighted by Gasteiger charge is 2.49. The lowest BCUT2D eigenvalue weighted by molar-refractivity contribution is -0.0286. The molecular weight excluding hydrogens is 316 g/mol. The van der Waals surface area contributed by atoms with Crippen LogP contribution in [0.15, 0.2) is 30.3 Å². The molecule has 5 heteroatoms. The Kier molecular flexibility index (Phi) is 5.35. The van der Waals surface area contributed by atoms with Crippen LogP contribution >= 0.6 is 0 Å². The minimum Gasteiger partial charge on any atom is -0.444 e. The molecule has 2 fully saturated rings. The molecule has 2 bridgehead atoms. The van der Waals surface area contributed by atoms with Crippen molar-refractivity contribution in [1.29, 1.82) is 0 Å². The van der Waals surface area contributed by atoms with E-state index in [1.54, 1.807) is 0 Å². The second-order valence-electron chi connectivity index (χ2n) is 8.18. The molecule has 2 saturated heterocycles. The second-order valence-corrected chi connectivity index (χ2v) is 8.18. The van der Waals surface area contributed by atoms with Crippen molar-refractivity contribution >= 4 is 6.09 Å². The highest BCUT2D eigenvalue weighted by Crippen LogP contribution is 2.37. The predicted molar refractivity (Wildman–Crippen MR) is 97.2 cm³/mol. The Bertz CT molecular complexity index is 584. The van der Waals surface area contributed by atoms with Crippen LogP contribution in [0.2, 0.25) is 0 Å². The fourth-order valence-corrected chi connectivity index (χ4v) is 4.22. The third kappa shape index (κ3) is 4.15. The number of ether oxygens (including phenoxy) is 1. The smallest absolute Gasteiger partial charge is 0.410 e. The zero-order chi connectivity index (χ0) is 18.0. The molecule has 1 aromatic carbocycles. The van der Waals surface area contributed by atoms with Crippen molar-refractivity contribution in [2.45, 2.75) is 70.3 Å². The number of hydrogen-bond donors (Lipinski definition) is 1. The SMILES string of the molecule is CC(C)(C)OC(=O)N1[C@@H]2CC[C@H]1[C@@H](CCO)N(Cc1ccccc1)C2. The van der Waals surface area contributed by atoms with Crippen LogP contribution in [0.25, 0.3) is 0 Å². The lowest BCUT2D eigenvalue weighted by Gasteiger charge is -2.47. The topological polar surface area (TPSA) is 53.0 Å². The number of piperazine rings is 1. The summed E-state index contributed by atoms with van der Waals surface area (Å²) >= 11 is 0. The van der Waals surface area contributed by atoms with Gasteiger partial charge in [-0.2, -0.15) is 0 Å². The van der Waals surface area contributed by atoms with Gasteiger partial charge in [0.15, 0.2) is 0 Å². The molecule has 2 aliphatic rings. The Hall–Kier alpha value is -1.59. The summed E-state index contributed by atoms with van der Waals surface area (Å²) in [7, 11) is 0. The van der Waals surface area contributed by atoms with E-state index in [2.05, 4.69) is 29.2 Å². The van der Waals surface area contributed by atoms with Gasteiger partial charge in [0.05, 0.1) is 6.04 Å². The lowest BCUT2D eigenvalue weighted by atomic mass is 9.99. The van der Waals surface area contributed by atoms with Gasteiger partial charge in [0.2, 0.25) is 0 Å². The first-order valence-corrected chi connectivity index (χ1v) is 9.29. The van der Waals surface area contributed by atoms with Crippen LogP contribution in [0.1, 0.15) is 45.6 Å². The number of hydrogen-bond acceptors (Lipinski definition) is 4. The van der Waals surface area contributed by atoms with Crippen LogP contribution < -0.4 is 0 Å². The largest absolute Gasteiger partial charge is 0.444 e. The molecule has 5 nitrogen and oxygen atoms in total. The van der Waals surface area contributed by atoms with Gasteiger partial charge in [0.1, 0.15) is 5.60 Å². The maximum Gasteiger partial charge on any atom is 0.410 e. The zero-order valence-corrected chi connectivity index (χ0v) is 15.5. The minimum absolute atomic E-state index is 0.129. The van der Waals surface area contributed by atoms with Crippen molar-refractivity contribution in [3.8, 4) is 0 Å². The van der Waals surface area contributed by atoms with Crippen LogP contribution in [-0.4, -0.2) is 57.9 Å². The quantitative estimate of drug-likeness (QED) is 0.910. The normalized spacial score (nSPS) is 26.7. The first kappa shape index (κ1) is 18.2. The first-order chi connectivity index (χ1) is 11.9. The number of rotatable bonds is 4. The van der Waals surface area contributed by atoms with E-state index in [-0.39, 0.29) is 30.8 Å². The maximum absolute atomic E-state index is 12.7. The fraction of sp³-hybridized carbons (Fsp3) is 0.650. The van der Waals surface area contributed by atoms with E-state index in [9.17, 15) is 9.90 Å². The zero-order valence-electron chi connectivity index (χ0n) is 15.5. The van der Waals surface area contributed by atoms with Gasteiger partial charge in [-0.05, 0) is 45.6 Å². The molecule has 138 valence electrons. The van der Waals surface area contributed by atoms with Gasteiger partial charge in [-0.25, -0.2) is 4.79 Å². The van der Waals surface area contributed by atoms with E-state index in [0.717, 1.165) is 25.9 Å². The van der Waals surface area contributed by atoms with E-state index in [4.69, 9.17) is 4.74 Å². The van der Waals surface area contributed by atoms with Gasteiger partial charge in [0.25, 0.3) is 0 Å².